The van der Waals surface area contributed by atoms with Gasteiger partial charge in [0, 0.05) is 49.9 Å². The fraction of sp³-hybridized carbons (Fsp3) is 0.526. The lowest BCUT2D eigenvalue weighted by Crippen LogP contribution is -2.57. The van der Waals surface area contributed by atoms with Crippen LogP contribution in [0.2, 0.25) is 0 Å². The van der Waals surface area contributed by atoms with Crippen LogP contribution in [0.3, 0.4) is 0 Å². The summed E-state index contributed by atoms with van der Waals surface area (Å²) in [6, 6.07) is 5.84. The van der Waals surface area contributed by atoms with E-state index in [0.29, 0.717) is 13.2 Å². The Morgan fingerprint density at radius 1 is 1.24 bits per heavy atom. The molecule has 0 spiro atoms. The first-order chi connectivity index (χ1) is 12.4. The van der Waals surface area contributed by atoms with E-state index in [1.165, 1.54) is 0 Å². The minimum atomic E-state index is 0.0118. The van der Waals surface area contributed by atoms with Crippen LogP contribution in [0.1, 0.15) is 24.8 Å². The first-order valence-corrected chi connectivity index (χ1v) is 8.96. The molecule has 0 aliphatic carbocycles. The lowest BCUT2D eigenvalue weighted by atomic mass is 9.73. The Labute approximate surface area is 148 Å². The largest absolute Gasteiger partial charge is 0.377 e. The molecule has 132 valence electrons. The lowest BCUT2D eigenvalue weighted by Gasteiger charge is -2.50. The second kappa shape index (κ2) is 7.45. The van der Waals surface area contributed by atoms with Gasteiger partial charge in [0.1, 0.15) is 0 Å². The van der Waals surface area contributed by atoms with Crippen molar-refractivity contribution in [2.24, 2.45) is 5.41 Å². The molecule has 0 radical (unpaired) electrons. The quantitative estimate of drug-likeness (QED) is 0.833. The summed E-state index contributed by atoms with van der Waals surface area (Å²) >= 11 is 0. The Morgan fingerprint density at radius 3 is 3.00 bits per heavy atom. The molecule has 2 aliphatic heterocycles. The number of piperidine rings is 1. The second-order valence-corrected chi connectivity index (χ2v) is 6.94. The molecule has 4 heterocycles. The van der Waals surface area contributed by atoms with E-state index in [4.69, 9.17) is 9.47 Å². The molecule has 2 atom stereocenters. The normalized spacial score (nSPS) is 26.2. The zero-order chi connectivity index (χ0) is 17.0. The Kier molecular flexibility index (Phi) is 4.90. The topological polar surface area (TPSA) is 60.4 Å². The van der Waals surface area contributed by atoms with Crippen molar-refractivity contribution in [2.75, 3.05) is 31.2 Å². The van der Waals surface area contributed by atoms with Crippen molar-refractivity contribution in [3.05, 3.63) is 48.5 Å². The van der Waals surface area contributed by atoms with Crippen molar-refractivity contribution >= 4 is 5.95 Å². The summed E-state index contributed by atoms with van der Waals surface area (Å²) in [4.78, 5) is 15.3. The third-order valence-electron chi connectivity index (χ3n) is 5.20. The van der Waals surface area contributed by atoms with Crippen molar-refractivity contribution in [1.29, 1.82) is 0 Å². The third kappa shape index (κ3) is 3.65. The highest BCUT2D eigenvalue weighted by Crippen LogP contribution is 2.41. The van der Waals surface area contributed by atoms with Crippen molar-refractivity contribution in [1.82, 2.24) is 15.0 Å². The van der Waals surface area contributed by atoms with Gasteiger partial charge in [-0.3, -0.25) is 4.98 Å². The molecule has 6 nitrogen and oxygen atoms in total. The number of hydrogen-bond acceptors (Lipinski definition) is 6. The molecular formula is C19H24N4O2. The Bertz CT molecular complexity index is 670. The maximum absolute atomic E-state index is 6.12. The number of pyridine rings is 1. The highest BCUT2D eigenvalue weighted by molar-refractivity contribution is 5.31. The monoisotopic (exact) mass is 340 g/mol. The predicted molar refractivity (Wildman–Crippen MR) is 94.2 cm³/mol. The number of anilines is 1. The molecule has 0 amide bonds. The van der Waals surface area contributed by atoms with Crippen molar-refractivity contribution in [3.63, 3.8) is 0 Å². The summed E-state index contributed by atoms with van der Waals surface area (Å²) in [5, 5.41) is 0. The van der Waals surface area contributed by atoms with Crippen LogP contribution >= 0.6 is 0 Å². The molecule has 0 bridgehead atoms. The molecule has 4 rings (SSSR count). The fourth-order valence-electron chi connectivity index (χ4n) is 3.98. The SMILES string of the molecule is c1cnc(N2CCC3OCCCC3(COCc3cccnc3)C2)nc1. The summed E-state index contributed by atoms with van der Waals surface area (Å²) in [5.74, 6) is 0.804. The van der Waals surface area contributed by atoms with Crippen LogP contribution in [0.4, 0.5) is 5.95 Å². The van der Waals surface area contributed by atoms with E-state index in [0.717, 1.165) is 50.5 Å². The number of nitrogens with zero attached hydrogens (tertiary/aromatic N) is 4. The summed E-state index contributed by atoms with van der Waals surface area (Å²) in [7, 11) is 0. The van der Waals surface area contributed by atoms with Crippen molar-refractivity contribution in [3.8, 4) is 0 Å². The summed E-state index contributed by atoms with van der Waals surface area (Å²) in [6.07, 6.45) is 10.7. The number of rotatable bonds is 5. The molecule has 0 aromatic carbocycles. The average Bonchev–Trinajstić information content (AvgIpc) is 2.69. The standard InChI is InChI=1S/C19H24N4O2/c1-4-16(12-20-7-1)13-24-15-19-6-2-11-25-17(19)5-10-23(14-19)18-21-8-3-9-22-18/h1,3-4,7-9,12,17H,2,5-6,10-11,13-15H2. The Balaban J connectivity index is 1.46. The van der Waals surface area contributed by atoms with E-state index in [-0.39, 0.29) is 11.5 Å². The molecule has 2 aromatic rings. The van der Waals surface area contributed by atoms with Gasteiger partial charge in [-0.05, 0) is 37.0 Å². The van der Waals surface area contributed by atoms with Crippen LogP contribution in [0.5, 0.6) is 0 Å². The molecule has 0 N–H and O–H groups in total. The average molecular weight is 340 g/mol. The molecule has 2 unspecified atom stereocenters. The van der Waals surface area contributed by atoms with E-state index < -0.39 is 0 Å². The maximum Gasteiger partial charge on any atom is 0.225 e. The smallest absolute Gasteiger partial charge is 0.225 e. The zero-order valence-electron chi connectivity index (χ0n) is 14.4. The maximum atomic E-state index is 6.12. The summed E-state index contributed by atoms with van der Waals surface area (Å²) in [5.41, 5.74) is 1.11. The molecule has 2 aromatic heterocycles. The Hall–Kier alpha value is -2.05. The first-order valence-electron chi connectivity index (χ1n) is 8.96. The fourth-order valence-corrected chi connectivity index (χ4v) is 3.98. The van der Waals surface area contributed by atoms with E-state index in [2.05, 4.69) is 19.9 Å². The van der Waals surface area contributed by atoms with Gasteiger partial charge in [-0.1, -0.05) is 6.07 Å². The molecule has 6 heteroatoms. The highest BCUT2D eigenvalue weighted by atomic mass is 16.5. The van der Waals surface area contributed by atoms with E-state index in [1.54, 1.807) is 18.6 Å². The van der Waals surface area contributed by atoms with Crippen LogP contribution in [0.25, 0.3) is 0 Å². The van der Waals surface area contributed by atoms with Crippen LogP contribution in [0, 0.1) is 5.41 Å². The summed E-state index contributed by atoms with van der Waals surface area (Å²) in [6.45, 7) is 3.95. The number of fused-ring (bicyclic) bond motifs is 1. The van der Waals surface area contributed by atoms with Gasteiger partial charge in [0.25, 0.3) is 0 Å². The second-order valence-electron chi connectivity index (χ2n) is 6.94. The molecule has 0 saturated carbocycles. The van der Waals surface area contributed by atoms with Crippen LogP contribution < -0.4 is 4.90 Å². The highest BCUT2D eigenvalue weighted by Gasteiger charge is 2.46. The van der Waals surface area contributed by atoms with Crippen LogP contribution in [0.15, 0.2) is 43.0 Å². The van der Waals surface area contributed by atoms with Crippen LogP contribution in [-0.2, 0) is 16.1 Å². The van der Waals surface area contributed by atoms with E-state index in [1.807, 2.05) is 24.4 Å². The van der Waals surface area contributed by atoms with Gasteiger partial charge in [-0.15, -0.1) is 0 Å². The van der Waals surface area contributed by atoms with Crippen molar-refractivity contribution in [2.45, 2.75) is 32.0 Å². The number of aromatic nitrogens is 3. The van der Waals surface area contributed by atoms with Gasteiger partial charge in [0.2, 0.25) is 5.95 Å². The first kappa shape index (κ1) is 16.4. The van der Waals surface area contributed by atoms with E-state index >= 15 is 0 Å². The lowest BCUT2D eigenvalue weighted by molar-refractivity contribution is -0.127. The molecule has 2 saturated heterocycles. The molecule has 25 heavy (non-hydrogen) atoms. The van der Waals surface area contributed by atoms with Gasteiger partial charge in [0.05, 0.1) is 19.3 Å². The number of ether oxygens (including phenoxy) is 2. The molecule has 2 fully saturated rings. The van der Waals surface area contributed by atoms with E-state index in [9.17, 15) is 0 Å². The zero-order valence-corrected chi connectivity index (χ0v) is 14.4. The Morgan fingerprint density at radius 2 is 2.16 bits per heavy atom. The molecular weight excluding hydrogens is 316 g/mol. The predicted octanol–water partition coefficient (Wildman–Crippen LogP) is 2.46. The van der Waals surface area contributed by atoms with Crippen LogP contribution in [-0.4, -0.2) is 47.4 Å². The minimum Gasteiger partial charge on any atom is -0.377 e. The third-order valence-corrected chi connectivity index (χ3v) is 5.20. The molecule has 2 aliphatic rings. The van der Waals surface area contributed by atoms with Gasteiger partial charge in [0.15, 0.2) is 0 Å². The van der Waals surface area contributed by atoms with Gasteiger partial charge in [-0.2, -0.15) is 0 Å². The minimum absolute atomic E-state index is 0.0118. The summed E-state index contributed by atoms with van der Waals surface area (Å²) < 4.78 is 12.2. The van der Waals surface area contributed by atoms with Crippen molar-refractivity contribution < 1.29 is 9.47 Å². The van der Waals surface area contributed by atoms with Gasteiger partial charge >= 0.3 is 0 Å². The van der Waals surface area contributed by atoms with Gasteiger partial charge < -0.3 is 14.4 Å². The number of hydrogen-bond donors (Lipinski definition) is 0. The van der Waals surface area contributed by atoms with Gasteiger partial charge in [-0.25, -0.2) is 9.97 Å².